The molecule has 106 valence electrons. The molecular weight excluding hydrogens is 226 g/mol. The molecule has 0 aromatic rings. The van der Waals surface area contributed by atoms with Gasteiger partial charge in [-0.25, -0.2) is 0 Å². The summed E-state index contributed by atoms with van der Waals surface area (Å²) in [5.41, 5.74) is -0.455. The minimum absolute atomic E-state index is 0.455. The number of hydrogen-bond donors (Lipinski definition) is 2. The molecule has 2 aliphatic carbocycles. The van der Waals surface area contributed by atoms with Crippen molar-refractivity contribution in [1.82, 2.24) is 5.32 Å². The normalized spacial score (nSPS) is 25.2. The third-order valence-corrected chi connectivity index (χ3v) is 4.42. The highest BCUT2D eigenvalue weighted by Gasteiger charge is 2.27. The molecule has 0 spiro atoms. The van der Waals surface area contributed by atoms with E-state index in [4.69, 9.17) is 4.74 Å². The number of nitrogens with one attached hydrogen (secondary N) is 1. The van der Waals surface area contributed by atoms with E-state index in [9.17, 15) is 5.11 Å². The van der Waals surface area contributed by atoms with Crippen LogP contribution in [0, 0.1) is 0 Å². The van der Waals surface area contributed by atoms with Crippen molar-refractivity contribution in [2.75, 3.05) is 19.7 Å². The van der Waals surface area contributed by atoms with Gasteiger partial charge in [0.15, 0.2) is 0 Å². The van der Waals surface area contributed by atoms with Gasteiger partial charge in [-0.15, -0.1) is 0 Å². The lowest BCUT2D eigenvalue weighted by Crippen LogP contribution is -2.41. The maximum atomic E-state index is 10.5. The van der Waals surface area contributed by atoms with Gasteiger partial charge in [-0.3, -0.25) is 0 Å². The van der Waals surface area contributed by atoms with Crippen molar-refractivity contribution in [2.45, 2.75) is 75.9 Å². The van der Waals surface area contributed by atoms with E-state index in [-0.39, 0.29) is 0 Å². The predicted octanol–water partition coefficient (Wildman–Crippen LogP) is 2.62. The van der Waals surface area contributed by atoms with Crippen LogP contribution in [0.1, 0.15) is 64.2 Å². The molecule has 0 aromatic heterocycles. The van der Waals surface area contributed by atoms with Gasteiger partial charge in [0.2, 0.25) is 0 Å². The molecule has 3 heteroatoms. The topological polar surface area (TPSA) is 41.5 Å². The minimum Gasteiger partial charge on any atom is -0.389 e. The number of hydrogen-bond acceptors (Lipinski definition) is 3. The van der Waals surface area contributed by atoms with E-state index >= 15 is 0 Å². The monoisotopic (exact) mass is 255 g/mol. The Morgan fingerprint density at radius 1 is 1.00 bits per heavy atom. The van der Waals surface area contributed by atoms with Crippen molar-refractivity contribution in [2.24, 2.45) is 0 Å². The highest BCUT2D eigenvalue weighted by Crippen LogP contribution is 2.26. The average Bonchev–Trinajstić information content (AvgIpc) is 2.78. The maximum absolute atomic E-state index is 10.5. The van der Waals surface area contributed by atoms with E-state index in [1.54, 1.807) is 0 Å². The molecule has 2 N–H and O–H groups in total. The highest BCUT2D eigenvalue weighted by atomic mass is 16.5. The van der Waals surface area contributed by atoms with Gasteiger partial charge in [-0.2, -0.15) is 0 Å². The summed E-state index contributed by atoms with van der Waals surface area (Å²) >= 11 is 0. The van der Waals surface area contributed by atoms with Gasteiger partial charge in [0.05, 0.1) is 18.3 Å². The molecule has 3 nitrogen and oxygen atoms in total. The molecule has 0 saturated heterocycles. The van der Waals surface area contributed by atoms with Gasteiger partial charge in [-0.05, 0) is 25.7 Å². The molecule has 18 heavy (non-hydrogen) atoms. The van der Waals surface area contributed by atoms with E-state index < -0.39 is 5.60 Å². The molecule has 0 aliphatic heterocycles. The lowest BCUT2D eigenvalue weighted by atomic mass is 9.94. The van der Waals surface area contributed by atoms with Gasteiger partial charge in [0.25, 0.3) is 0 Å². The Morgan fingerprint density at radius 2 is 1.67 bits per heavy atom. The van der Waals surface area contributed by atoms with Crippen LogP contribution in [-0.4, -0.2) is 36.5 Å². The summed E-state index contributed by atoms with van der Waals surface area (Å²) in [6, 6.07) is 0. The molecule has 0 bridgehead atoms. The van der Waals surface area contributed by atoms with Crippen LogP contribution in [0.25, 0.3) is 0 Å². The number of ether oxygens (including phenoxy) is 1. The van der Waals surface area contributed by atoms with E-state index in [0.717, 1.165) is 32.5 Å². The fraction of sp³-hybridized carbons (Fsp3) is 1.00. The summed E-state index contributed by atoms with van der Waals surface area (Å²) in [4.78, 5) is 0. The second kappa shape index (κ2) is 7.46. The van der Waals surface area contributed by atoms with E-state index in [1.807, 2.05) is 0 Å². The molecule has 2 rings (SSSR count). The molecule has 2 saturated carbocycles. The Balaban J connectivity index is 1.53. The molecule has 0 amide bonds. The zero-order chi connectivity index (χ0) is 12.7. The molecular formula is C15H29NO2. The largest absolute Gasteiger partial charge is 0.389 e. The lowest BCUT2D eigenvalue weighted by molar-refractivity contribution is 0.0193. The molecule has 2 fully saturated rings. The van der Waals surface area contributed by atoms with Crippen LogP contribution in [0.5, 0.6) is 0 Å². The van der Waals surface area contributed by atoms with Crippen molar-refractivity contribution in [1.29, 1.82) is 0 Å². The zero-order valence-corrected chi connectivity index (χ0v) is 11.6. The van der Waals surface area contributed by atoms with Crippen LogP contribution in [0.15, 0.2) is 0 Å². The summed E-state index contributed by atoms with van der Waals surface area (Å²) in [5.74, 6) is 0. The van der Waals surface area contributed by atoms with Crippen LogP contribution >= 0.6 is 0 Å². The first-order valence-electron chi connectivity index (χ1n) is 7.83. The van der Waals surface area contributed by atoms with Crippen LogP contribution < -0.4 is 5.32 Å². The predicted molar refractivity (Wildman–Crippen MR) is 73.7 cm³/mol. The molecule has 0 atom stereocenters. The Kier molecular flexibility index (Phi) is 5.93. The first kappa shape index (κ1) is 14.3. The van der Waals surface area contributed by atoms with Crippen LogP contribution in [0.3, 0.4) is 0 Å². The molecule has 0 radical (unpaired) electrons. The Morgan fingerprint density at radius 3 is 2.33 bits per heavy atom. The first-order valence-corrected chi connectivity index (χ1v) is 7.83. The fourth-order valence-electron chi connectivity index (χ4n) is 3.24. The SMILES string of the molecule is OC1(CNCCOC2CCCC2)CCCCCC1. The van der Waals surface area contributed by atoms with Gasteiger partial charge < -0.3 is 15.2 Å². The van der Waals surface area contributed by atoms with Crippen molar-refractivity contribution in [3.63, 3.8) is 0 Å². The second-order valence-corrected chi connectivity index (χ2v) is 6.09. The van der Waals surface area contributed by atoms with Gasteiger partial charge in [-0.1, -0.05) is 38.5 Å². The maximum Gasteiger partial charge on any atom is 0.0771 e. The quantitative estimate of drug-likeness (QED) is 0.566. The van der Waals surface area contributed by atoms with Crippen molar-refractivity contribution in [3.8, 4) is 0 Å². The Labute approximate surface area is 111 Å². The van der Waals surface area contributed by atoms with Gasteiger partial charge in [0, 0.05) is 13.1 Å². The lowest BCUT2D eigenvalue weighted by Gasteiger charge is -2.27. The summed E-state index contributed by atoms with van der Waals surface area (Å²) in [6.07, 6.45) is 12.5. The van der Waals surface area contributed by atoms with Crippen molar-refractivity contribution < 1.29 is 9.84 Å². The van der Waals surface area contributed by atoms with Gasteiger partial charge >= 0.3 is 0 Å². The third kappa shape index (κ3) is 4.87. The molecule has 2 aliphatic rings. The average molecular weight is 255 g/mol. The highest BCUT2D eigenvalue weighted by molar-refractivity contribution is 4.83. The minimum atomic E-state index is -0.455. The van der Waals surface area contributed by atoms with Gasteiger partial charge in [0.1, 0.15) is 0 Å². The Bertz CT molecular complexity index is 219. The van der Waals surface area contributed by atoms with Crippen LogP contribution in [0.2, 0.25) is 0 Å². The smallest absolute Gasteiger partial charge is 0.0771 e. The molecule has 0 unspecified atom stereocenters. The molecule has 0 heterocycles. The standard InChI is InChI=1S/C15H29NO2/c17-15(9-5-1-2-6-10-15)13-16-11-12-18-14-7-3-4-8-14/h14,16-17H,1-13H2. The van der Waals surface area contributed by atoms with E-state index in [0.29, 0.717) is 6.10 Å². The Hall–Kier alpha value is -0.120. The number of rotatable bonds is 6. The number of aliphatic hydroxyl groups is 1. The van der Waals surface area contributed by atoms with Crippen LogP contribution in [0.4, 0.5) is 0 Å². The van der Waals surface area contributed by atoms with Crippen molar-refractivity contribution in [3.05, 3.63) is 0 Å². The van der Waals surface area contributed by atoms with E-state index in [2.05, 4.69) is 5.32 Å². The summed E-state index contributed by atoms with van der Waals surface area (Å²) in [5, 5.41) is 13.8. The molecule has 0 aromatic carbocycles. The third-order valence-electron chi connectivity index (χ3n) is 4.42. The van der Waals surface area contributed by atoms with Crippen molar-refractivity contribution >= 4 is 0 Å². The first-order chi connectivity index (χ1) is 8.79. The second-order valence-electron chi connectivity index (χ2n) is 6.09. The van der Waals surface area contributed by atoms with Crippen LogP contribution in [-0.2, 0) is 4.74 Å². The zero-order valence-electron chi connectivity index (χ0n) is 11.6. The summed E-state index contributed by atoms with van der Waals surface area (Å²) in [6.45, 7) is 2.40. The summed E-state index contributed by atoms with van der Waals surface area (Å²) < 4.78 is 5.81. The fourth-order valence-corrected chi connectivity index (χ4v) is 3.24. The van der Waals surface area contributed by atoms with E-state index in [1.165, 1.54) is 51.4 Å². The summed E-state index contributed by atoms with van der Waals surface area (Å²) in [7, 11) is 0.